The largest absolute Gasteiger partial charge is 0.340 e. The van der Waals surface area contributed by atoms with Gasteiger partial charge in [-0.15, -0.1) is 0 Å². The second kappa shape index (κ2) is 7.73. The van der Waals surface area contributed by atoms with E-state index in [-0.39, 0.29) is 11.8 Å². The van der Waals surface area contributed by atoms with E-state index in [0.29, 0.717) is 13.1 Å². The van der Waals surface area contributed by atoms with Gasteiger partial charge in [-0.05, 0) is 43.5 Å². The first-order valence-electron chi connectivity index (χ1n) is 9.37. The van der Waals surface area contributed by atoms with Crippen LogP contribution < -0.4 is 0 Å². The van der Waals surface area contributed by atoms with Crippen molar-refractivity contribution in [2.75, 3.05) is 13.1 Å². The molecule has 7 nitrogen and oxygen atoms in total. The first kappa shape index (κ1) is 17.5. The van der Waals surface area contributed by atoms with E-state index in [9.17, 15) is 4.79 Å². The van der Waals surface area contributed by atoms with E-state index in [1.54, 1.807) is 10.9 Å². The maximum atomic E-state index is 12.7. The lowest BCUT2D eigenvalue weighted by molar-refractivity contribution is -0.133. The van der Waals surface area contributed by atoms with Crippen LogP contribution in [0.3, 0.4) is 0 Å². The Balaban J connectivity index is 1.45. The smallest absolute Gasteiger partial charge is 0.244 e. The van der Waals surface area contributed by atoms with Gasteiger partial charge in [0.1, 0.15) is 12.4 Å². The standard InChI is InChI=1S/C20H24N6O/c1-16-4-9-23-26(16)15-19(27)24-11-2-3-18(14-24)20-22-10-12-25(20)13-17-5-7-21-8-6-17/h4-10,12,18H,2-3,11,13-15H2,1H3. The van der Waals surface area contributed by atoms with Crippen LogP contribution in [0.2, 0.25) is 0 Å². The molecule has 4 heterocycles. The van der Waals surface area contributed by atoms with Crippen LogP contribution in [0.4, 0.5) is 0 Å². The number of carbonyl (C=O) groups is 1. The lowest BCUT2D eigenvalue weighted by Crippen LogP contribution is -2.41. The minimum Gasteiger partial charge on any atom is -0.340 e. The Bertz CT molecular complexity index is 900. The molecule has 4 rings (SSSR count). The van der Waals surface area contributed by atoms with Crippen molar-refractivity contribution in [1.82, 2.24) is 29.2 Å². The summed E-state index contributed by atoms with van der Waals surface area (Å²) in [6.45, 7) is 4.56. The van der Waals surface area contributed by atoms with Gasteiger partial charge >= 0.3 is 0 Å². The van der Waals surface area contributed by atoms with Crippen LogP contribution in [0.5, 0.6) is 0 Å². The third kappa shape index (κ3) is 3.92. The van der Waals surface area contributed by atoms with Crippen LogP contribution in [0, 0.1) is 6.92 Å². The fourth-order valence-corrected chi connectivity index (χ4v) is 3.71. The molecule has 0 radical (unpaired) electrons. The van der Waals surface area contributed by atoms with Gasteiger partial charge in [0.25, 0.3) is 0 Å². The number of carbonyl (C=O) groups excluding carboxylic acids is 1. The quantitative estimate of drug-likeness (QED) is 0.696. The topological polar surface area (TPSA) is 68.8 Å². The van der Waals surface area contributed by atoms with Crippen LogP contribution in [0.1, 0.15) is 35.8 Å². The molecule has 1 amide bonds. The number of likely N-dealkylation sites (tertiary alicyclic amines) is 1. The van der Waals surface area contributed by atoms with E-state index >= 15 is 0 Å². The molecule has 1 saturated heterocycles. The molecule has 140 valence electrons. The molecule has 0 saturated carbocycles. The number of piperidine rings is 1. The van der Waals surface area contributed by atoms with Crippen molar-refractivity contribution in [2.24, 2.45) is 0 Å². The molecular weight excluding hydrogens is 340 g/mol. The zero-order valence-electron chi connectivity index (χ0n) is 15.5. The van der Waals surface area contributed by atoms with Crippen molar-refractivity contribution in [1.29, 1.82) is 0 Å². The number of aryl methyl sites for hydroxylation is 1. The summed E-state index contributed by atoms with van der Waals surface area (Å²) in [5.41, 5.74) is 2.20. The monoisotopic (exact) mass is 364 g/mol. The Morgan fingerprint density at radius 1 is 1.19 bits per heavy atom. The maximum absolute atomic E-state index is 12.7. The summed E-state index contributed by atoms with van der Waals surface area (Å²) in [6, 6.07) is 5.96. The Morgan fingerprint density at radius 2 is 2.04 bits per heavy atom. The van der Waals surface area contributed by atoms with Crippen LogP contribution in [-0.4, -0.2) is 48.2 Å². The highest BCUT2D eigenvalue weighted by Crippen LogP contribution is 2.26. The van der Waals surface area contributed by atoms with Crippen molar-refractivity contribution in [3.63, 3.8) is 0 Å². The molecule has 0 aromatic carbocycles. The summed E-state index contributed by atoms with van der Waals surface area (Å²) in [4.78, 5) is 23.4. The summed E-state index contributed by atoms with van der Waals surface area (Å²) in [6.07, 6.45) is 11.3. The number of pyridine rings is 1. The molecule has 3 aromatic heterocycles. The Labute approximate surface area is 158 Å². The van der Waals surface area contributed by atoms with Crippen molar-refractivity contribution in [3.05, 3.63) is 66.3 Å². The highest BCUT2D eigenvalue weighted by Gasteiger charge is 2.27. The van der Waals surface area contributed by atoms with Gasteiger partial charge in [-0.1, -0.05) is 0 Å². The van der Waals surface area contributed by atoms with Gasteiger partial charge < -0.3 is 9.47 Å². The average Bonchev–Trinajstić information content (AvgIpc) is 3.32. The Hall–Kier alpha value is -2.96. The first-order valence-corrected chi connectivity index (χ1v) is 9.37. The zero-order valence-corrected chi connectivity index (χ0v) is 15.5. The molecule has 0 N–H and O–H groups in total. The minimum absolute atomic E-state index is 0.124. The van der Waals surface area contributed by atoms with E-state index in [1.165, 1.54) is 5.56 Å². The number of imidazole rings is 1. The molecular formula is C20H24N6O. The summed E-state index contributed by atoms with van der Waals surface area (Å²) < 4.78 is 3.95. The molecule has 7 heteroatoms. The minimum atomic E-state index is 0.124. The molecule has 1 aliphatic heterocycles. The Morgan fingerprint density at radius 3 is 2.81 bits per heavy atom. The van der Waals surface area contributed by atoms with Gasteiger partial charge in [0, 0.05) is 62.2 Å². The number of nitrogens with zero attached hydrogens (tertiary/aromatic N) is 6. The third-order valence-corrected chi connectivity index (χ3v) is 5.20. The molecule has 27 heavy (non-hydrogen) atoms. The summed E-state index contributed by atoms with van der Waals surface area (Å²) in [5, 5.41) is 4.23. The molecule has 1 unspecified atom stereocenters. The molecule has 0 spiro atoms. The fraction of sp³-hybridized carbons (Fsp3) is 0.400. The molecule has 3 aromatic rings. The van der Waals surface area contributed by atoms with Gasteiger partial charge in [0.2, 0.25) is 5.91 Å². The number of hydrogen-bond acceptors (Lipinski definition) is 4. The molecule has 1 fully saturated rings. The highest BCUT2D eigenvalue weighted by atomic mass is 16.2. The summed E-state index contributed by atoms with van der Waals surface area (Å²) in [5.74, 6) is 1.44. The van der Waals surface area contributed by atoms with Gasteiger partial charge in [0.05, 0.1) is 0 Å². The number of hydrogen-bond donors (Lipinski definition) is 0. The van der Waals surface area contributed by atoms with E-state index in [1.807, 2.05) is 54.8 Å². The number of aromatic nitrogens is 5. The predicted molar refractivity (Wildman–Crippen MR) is 101 cm³/mol. The normalized spacial score (nSPS) is 17.2. The van der Waals surface area contributed by atoms with E-state index in [0.717, 1.165) is 37.4 Å². The van der Waals surface area contributed by atoms with Crippen molar-refractivity contribution < 1.29 is 4.79 Å². The van der Waals surface area contributed by atoms with E-state index < -0.39 is 0 Å². The molecule has 1 atom stereocenters. The average molecular weight is 364 g/mol. The fourth-order valence-electron chi connectivity index (χ4n) is 3.71. The van der Waals surface area contributed by atoms with E-state index in [2.05, 4.69) is 19.6 Å². The summed E-state index contributed by atoms with van der Waals surface area (Å²) >= 11 is 0. The van der Waals surface area contributed by atoms with Crippen LogP contribution in [-0.2, 0) is 17.9 Å². The first-order chi connectivity index (χ1) is 13.2. The lowest BCUT2D eigenvalue weighted by Gasteiger charge is -2.33. The maximum Gasteiger partial charge on any atom is 0.244 e. The van der Waals surface area contributed by atoms with Crippen molar-refractivity contribution in [2.45, 2.75) is 38.8 Å². The second-order valence-corrected chi connectivity index (χ2v) is 7.08. The third-order valence-electron chi connectivity index (χ3n) is 5.20. The molecule has 1 aliphatic rings. The Kier molecular flexibility index (Phi) is 5.00. The molecule has 0 aliphatic carbocycles. The number of rotatable bonds is 5. The lowest BCUT2D eigenvalue weighted by atomic mass is 9.97. The van der Waals surface area contributed by atoms with Crippen LogP contribution in [0.15, 0.2) is 49.2 Å². The van der Waals surface area contributed by atoms with Crippen LogP contribution >= 0.6 is 0 Å². The van der Waals surface area contributed by atoms with Gasteiger partial charge in [-0.2, -0.15) is 5.10 Å². The van der Waals surface area contributed by atoms with Crippen molar-refractivity contribution in [3.8, 4) is 0 Å². The van der Waals surface area contributed by atoms with Gasteiger partial charge in [0.15, 0.2) is 0 Å². The highest BCUT2D eigenvalue weighted by molar-refractivity contribution is 5.76. The van der Waals surface area contributed by atoms with E-state index in [4.69, 9.17) is 0 Å². The van der Waals surface area contributed by atoms with Crippen molar-refractivity contribution >= 4 is 5.91 Å². The van der Waals surface area contributed by atoms with Crippen LogP contribution in [0.25, 0.3) is 0 Å². The molecule has 0 bridgehead atoms. The zero-order chi connectivity index (χ0) is 18.6. The SMILES string of the molecule is Cc1ccnn1CC(=O)N1CCCC(c2nccn2Cc2ccncc2)C1. The second-order valence-electron chi connectivity index (χ2n) is 7.08. The summed E-state index contributed by atoms with van der Waals surface area (Å²) in [7, 11) is 0. The van der Waals surface area contributed by atoms with Gasteiger partial charge in [-0.25, -0.2) is 4.98 Å². The van der Waals surface area contributed by atoms with Gasteiger partial charge in [-0.3, -0.25) is 14.5 Å². The number of amides is 1. The predicted octanol–water partition coefficient (Wildman–Crippen LogP) is 2.24.